The molecule has 1 aliphatic heterocycles. The summed E-state index contributed by atoms with van der Waals surface area (Å²) < 4.78 is 40.6. The zero-order valence-electron chi connectivity index (χ0n) is 19.8. The van der Waals surface area contributed by atoms with Crippen molar-refractivity contribution in [1.29, 1.82) is 0 Å². The summed E-state index contributed by atoms with van der Waals surface area (Å²) in [6, 6.07) is 9.54. The highest BCUT2D eigenvalue weighted by Crippen LogP contribution is 2.27. The number of oxazole rings is 1. The van der Waals surface area contributed by atoms with E-state index < -0.39 is 49.1 Å². The van der Waals surface area contributed by atoms with Crippen LogP contribution in [0.3, 0.4) is 0 Å². The van der Waals surface area contributed by atoms with E-state index in [1.165, 1.54) is 22.4 Å². The molecule has 37 heavy (non-hydrogen) atoms. The molecule has 0 saturated carbocycles. The van der Waals surface area contributed by atoms with Crippen LogP contribution >= 0.6 is 11.3 Å². The van der Waals surface area contributed by atoms with E-state index in [0.29, 0.717) is 24.5 Å². The summed E-state index contributed by atoms with van der Waals surface area (Å²) in [5, 5.41) is 6.59. The number of thiophene rings is 1. The lowest BCUT2D eigenvalue weighted by atomic mass is 10.00. The van der Waals surface area contributed by atoms with Crippen LogP contribution in [0.15, 0.2) is 58.5 Å². The molecule has 196 valence electrons. The number of hydrogen-bond donors (Lipinski definition) is 2. The second kappa shape index (κ2) is 12.1. The number of amides is 3. The third-order valence-electron chi connectivity index (χ3n) is 5.65. The van der Waals surface area contributed by atoms with Crippen LogP contribution in [0, 0.1) is 0 Å². The SMILES string of the molecule is O=C(CNC(=O)[C@H](CC(F)(F)Cc1ccccc1)NC(=O)N1CCOCC1)c1ncc(-c2cccs2)o1. The van der Waals surface area contributed by atoms with Gasteiger partial charge in [0.2, 0.25) is 11.7 Å². The lowest BCUT2D eigenvalue weighted by molar-refractivity contribution is -0.125. The van der Waals surface area contributed by atoms with E-state index >= 15 is 0 Å². The van der Waals surface area contributed by atoms with Crippen molar-refractivity contribution in [1.82, 2.24) is 20.5 Å². The number of hydrogen-bond acceptors (Lipinski definition) is 7. The number of urea groups is 1. The van der Waals surface area contributed by atoms with Gasteiger partial charge in [-0.05, 0) is 17.0 Å². The molecule has 1 saturated heterocycles. The summed E-state index contributed by atoms with van der Waals surface area (Å²) in [7, 11) is 0. The molecule has 3 aromatic rings. The Morgan fingerprint density at radius 2 is 1.86 bits per heavy atom. The molecule has 2 N–H and O–H groups in total. The predicted octanol–water partition coefficient (Wildman–Crippen LogP) is 3.38. The van der Waals surface area contributed by atoms with Gasteiger partial charge in [-0.2, -0.15) is 0 Å². The monoisotopic (exact) mass is 532 g/mol. The topological polar surface area (TPSA) is 114 Å². The number of rotatable bonds is 10. The molecule has 4 rings (SSSR count). The van der Waals surface area contributed by atoms with E-state index in [-0.39, 0.29) is 19.0 Å². The molecule has 1 fully saturated rings. The molecule has 0 aliphatic carbocycles. The minimum atomic E-state index is -3.30. The average molecular weight is 533 g/mol. The van der Waals surface area contributed by atoms with Crippen LogP contribution in [0.1, 0.15) is 22.7 Å². The van der Waals surface area contributed by atoms with Gasteiger partial charge in [-0.15, -0.1) is 11.3 Å². The third-order valence-corrected chi connectivity index (χ3v) is 6.54. The fraction of sp³-hybridized carbons (Fsp3) is 0.360. The van der Waals surface area contributed by atoms with Gasteiger partial charge < -0.3 is 24.7 Å². The van der Waals surface area contributed by atoms with Gasteiger partial charge in [0.15, 0.2) is 5.76 Å². The van der Waals surface area contributed by atoms with Gasteiger partial charge in [0, 0.05) is 25.9 Å². The number of carbonyl (C=O) groups excluding carboxylic acids is 3. The Balaban J connectivity index is 1.41. The molecule has 1 aromatic carbocycles. The highest BCUT2D eigenvalue weighted by Gasteiger charge is 2.37. The van der Waals surface area contributed by atoms with Crippen molar-refractivity contribution in [3.05, 3.63) is 65.5 Å². The van der Waals surface area contributed by atoms with Gasteiger partial charge in [0.1, 0.15) is 6.04 Å². The summed E-state index contributed by atoms with van der Waals surface area (Å²) in [5.74, 6) is -4.66. The number of ketones is 1. The lowest BCUT2D eigenvalue weighted by Gasteiger charge is -2.30. The number of halogens is 2. The summed E-state index contributed by atoms with van der Waals surface area (Å²) >= 11 is 1.41. The summed E-state index contributed by atoms with van der Waals surface area (Å²) in [6.07, 6.45) is -0.151. The number of nitrogens with zero attached hydrogens (tertiary/aromatic N) is 2. The smallest absolute Gasteiger partial charge is 0.318 e. The normalized spacial score (nSPS) is 14.7. The maximum absolute atomic E-state index is 15.0. The molecule has 2 aromatic heterocycles. The molecule has 1 aliphatic rings. The van der Waals surface area contributed by atoms with Crippen molar-refractivity contribution in [2.24, 2.45) is 0 Å². The van der Waals surface area contributed by atoms with Crippen LogP contribution in [-0.2, 0) is 16.0 Å². The van der Waals surface area contributed by atoms with Crippen LogP contribution in [-0.4, -0.2) is 72.4 Å². The fourth-order valence-corrected chi connectivity index (χ4v) is 4.45. The van der Waals surface area contributed by atoms with E-state index in [0.717, 1.165) is 4.88 Å². The van der Waals surface area contributed by atoms with Gasteiger partial charge >= 0.3 is 6.03 Å². The predicted molar refractivity (Wildman–Crippen MR) is 132 cm³/mol. The van der Waals surface area contributed by atoms with E-state index in [1.807, 2.05) is 11.4 Å². The molecule has 3 heterocycles. The average Bonchev–Trinajstić information content (AvgIpc) is 3.60. The standard InChI is InChI=1S/C25H26F2N4O5S/c26-25(27,13-17-5-2-1-3-6-17)14-18(30-24(34)31-8-10-35-11-9-31)22(33)28-15-19(32)23-29-16-20(36-23)21-7-4-12-37-21/h1-7,12,16,18H,8-11,13-15H2,(H,28,33)(H,30,34)/t18-/m0/s1. The van der Waals surface area contributed by atoms with Crippen molar-refractivity contribution < 1.29 is 32.3 Å². The maximum atomic E-state index is 15.0. The zero-order chi connectivity index (χ0) is 26.3. The minimum absolute atomic E-state index is 0.216. The number of benzene rings is 1. The Bertz CT molecular complexity index is 1200. The number of alkyl halides is 2. The Morgan fingerprint density at radius 3 is 2.57 bits per heavy atom. The van der Waals surface area contributed by atoms with Crippen LogP contribution in [0.25, 0.3) is 10.6 Å². The van der Waals surface area contributed by atoms with Gasteiger partial charge in [-0.25, -0.2) is 18.6 Å². The second-order valence-electron chi connectivity index (χ2n) is 8.47. The molecule has 12 heteroatoms. The van der Waals surface area contributed by atoms with Crippen LogP contribution < -0.4 is 10.6 Å². The minimum Gasteiger partial charge on any atom is -0.433 e. The molecular formula is C25H26F2N4O5S. The second-order valence-corrected chi connectivity index (χ2v) is 9.42. The molecule has 1 atom stereocenters. The van der Waals surface area contributed by atoms with Crippen molar-refractivity contribution >= 4 is 29.1 Å². The largest absolute Gasteiger partial charge is 0.433 e. The Morgan fingerprint density at radius 1 is 1.11 bits per heavy atom. The van der Waals surface area contributed by atoms with Crippen molar-refractivity contribution in [2.45, 2.75) is 24.8 Å². The number of Topliss-reactive ketones (excluding diaryl/α,β-unsaturated/α-hetero) is 1. The number of morpholine rings is 1. The number of nitrogens with one attached hydrogen (secondary N) is 2. The maximum Gasteiger partial charge on any atom is 0.318 e. The first kappa shape index (κ1) is 26.4. The Labute approximate surface area is 215 Å². The molecule has 0 bridgehead atoms. The first-order chi connectivity index (χ1) is 17.8. The molecule has 0 radical (unpaired) electrons. The van der Waals surface area contributed by atoms with Gasteiger partial charge in [-0.1, -0.05) is 36.4 Å². The third kappa shape index (κ3) is 7.43. The highest BCUT2D eigenvalue weighted by atomic mass is 32.1. The van der Waals surface area contributed by atoms with Crippen LogP contribution in [0.4, 0.5) is 13.6 Å². The van der Waals surface area contributed by atoms with E-state index in [1.54, 1.807) is 36.4 Å². The summed E-state index contributed by atoms with van der Waals surface area (Å²) in [6.45, 7) is 0.641. The lowest BCUT2D eigenvalue weighted by Crippen LogP contribution is -2.55. The van der Waals surface area contributed by atoms with Crippen molar-refractivity contribution in [3.63, 3.8) is 0 Å². The van der Waals surface area contributed by atoms with E-state index in [9.17, 15) is 23.2 Å². The molecule has 0 spiro atoms. The van der Waals surface area contributed by atoms with Crippen molar-refractivity contribution in [2.75, 3.05) is 32.8 Å². The van der Waals surface area contributed by atoms with Crippen LogP contribution in [0.5, 0.6) is 0 Å². The summed E-state index contributed by atoms with van der Waals surface area (Å²) in [5.41, 5.74) is 0.395. The Kier molecular flexibility index (Phi) is 8.62. The fourth-order valence-electron chi connectivity index (χ4n) is 3.78. The van der Waals surface area contributed by atoms with Gasteiger partial charge in [0.05, 0.1) is 30.8 Å². The van der Waals surface area contributed by atoms with Gasteiger partial charge in [-0.3, -0.25) is 9.59 Å². The molecule has 9 nitrogen and oxygen atoms in total. The molecule has 0 unspecified atom stereocenters. The van der Waals surface area contributed by atoms with Gasteiger partial charge in [0.25, 0.3) is 11.8 Å². The van der Waals surface area contributed by atoms with Crippen molar-refractivity contribution in [3.8, 4) is 10.6 Å². The first-order valence-corrected chi connectivity index (χ1v) is 12.5. The van der Waals surface area contributed by atoms with E-state index in [4.69, 9.17) is 9.15 Å². The molecular weight excluding hydrogens is 506 g/mol. The first-order valence-electron chi connectivity index (χ1n) is 11.7. The highest BCUT2D eigenvalue weighted by molar-refractivity contribution is 7.13. The number of ether oxygens (including phenoxy) is 1. The number of carbonyl (C=O) groups is 3. The Hall–Kier alpha value is -3.64. The number of aromatic nitrogens is 1. The zero-order valence-corrected chi connectivity index (χ0v) is 20.6. The van der Waals surface area contributed by atoms with Crippen LogP contribution in [0.2, 0.25) is 0 Å². The molecule has 3 amide bonds. The quantitative estimate of drug-likeness (QED) is 0.387. The van der Waals surface area contributed by atoms with E-state index in [2.05, 4.69) is 15.6 Å². The summed E-state index contributed by atoms with van der Waals surface area (Å²) in [4.78, 5) is 44.2.